The van der Waals surface area contributed by atoms with Gasteiger partial charge in [0.15, 0.2) is 0 Å². The lowest BCUT2D eigenvalue weighted by atomic mass is 9.97. The number of aryl methyl sites for hydroxylation is 1. The van der Waals surface area contributed by atoms with Gasteiger partial charge in [-0.15, -0.1) is 0 Å². The van der Waals surface area contributed by atoms with Crippen LogP contribution in [0.1, 0.15) is 9.68 Å². The molecule has 92 valence electrons. The Morgan fingerprint density at radius 3 is 2.42 bits per heavy atom. The summed E-state index contributed by atoms with van der Waals surface area (Å²) in [6.07, 6.45) is 3.20. The normalized spacial score (nSPS) is 13.4. The zero-order valence-corrected chi connectivity index (χ0v) is 10.2. The van der Waals surface area contributed by atoms with E-state index in [1.165, 1.54) is 6.20 Å². The third-order valence-electron chi connectivity index (χ3n) is 2.92. The molecule has 3 rings (SSSR count). The van der Waals surface area contributed by atoms with Crippen LogP contribution in [0.25, 0.3) is 22.5 Å². The van der Waals surface area contributed by atoms with Crippen molar-refractivity contribution in [2.75, 3.05) is 0 Å². The molecule has 0 N–H and O–H groups in total. The van der Waals surface area contributed by atoms with Crippen molar-refractivity contribution < 1.29 is 4.11 Å². The second-order valence-electron chi connectivity index (χ2n) is 4.16. The third-order valence-corrected chi connectivity index (χ3v) is 2.92. The molecule has 0 atom stereocenters. The van der Waals surface area contributed by atoms with Crippen LogP contribution in [0.5, 0.6) is 0 Å². The monoisotopic (exact) mass is 249 g/mol. The smallest absolute Gasteiger partial charge is 0.0967 e. The fraction of sp³-hybridized carbons (Fsp3) is 0.0588. The fourth-order valence-corrected chi connectivity index (χ4v) is 2.06. The molecular formula is C17H14N2. The van der Waals surface area contributed by atoms with Gasteiger partial charge < -0.3 is 0 Å². The zero-order valence-electron chi connectivity index (χ0n) is 13.2. The second-order valence-corrected chi connectivity index (χ2v) is 4.16. The standard InChI is InChI=1S/C17H14N2/c1-13-10-12-19-17(15-9-5-6-11-18-15)16(13)14-7-3-2-4-8-14/h2-12H,1H3/i1D3. The summed E-state index contributed by atoms with van der Waals surface area (Å²) in [7, 11) is 0. The molecule has 0 spiro atoms. The second kappa shape index (κ2) is 5.02. The van der Waals surface area contributed by atoms with Crippen LogP contribution in [0.15, 0.2) is 67.0 Å². The molecule has 2 heterocycles. The van der Waals surface area contributed by atoms with Gasteiger partial charge in [0.2, 0.25) is 0 Å². The summed E-state index contributed by atoms with van der Waals surface area (Å²) in [5, 5.41) is 0. The van der Waals surface area contributed by atoms with Gasteiger partial charge >= 0.3 is 0 Å². The summed E-state index contributed by atoms with van der Waals surface area (Å²) in [5.41, 5.74) is 2.96. The molecule has 0 fully saturated rings. The Balaban J connectivity index is 2.32. The SMILES string of the molecule is [2H]C([2H])([2H])c1ccnc(-c2ccccn2)c1-c1ccccc1. The lowest BCUT2D eigenvalue weighted by Crippen LogP contribution is -1.93. The van der Waals surface area contributed by atoms with Crippen LogP contribution in [0.2, 0.25) is 0 Å². The molecule has 2 aromatic heterocycles. The number of rotatable bonds is 2. The van der Waals surface area contributed by atoms with Crippen molar-refractivity contribution in [1.29, 1.82) is 0 Å². The van der Waals surface area contributed by atoms with Crippen molar-refractivity contribution in [1.82, 2.24) is 9.97 Å². The van der Waals surface area contributed by atoms with Gasteiger partial charge in [0.1, 0.15) is 0 Å². The number of nitrogens with zero attached hydrogens (tertiary/aromatic N) is 2. The molecule has 0 saturated heterocycles. The average Bonchev–Trinajstić information content (AvgIpc) is 2.55. The van der Waals surface area contributed by atoms with E-state index >= 15 is 0 Å². The number of hydrogen-bond acceptors (Lipinski definition) is 2. The number of benzene rings is 1. The van der Waals surface area contributed by atoms with Gasteiger partial charge in [0.25, 0.3) is 0 Å². The molecule has 2 heteroatoms. The molecule has 2 nitrogen and oxygen atoms in total. The minimum Gasteiger partial charge on any atom is -0.255 e. The Labute approximate surface area is 117 Å². The van der Waals surface area contributed by atoms with E-state index in [4.69, 9.17) is 4.11 Å². The maximum absolute atomic E-state index is 7.81. The Morgan fingerprint density at radius 2 is 1.68 bits per heavy atom. The third kappa shape index (κ3) is 2.25. The molecule has 1 aromatic carbocycles. The molecular weight excluding hydrogens is 232 g/mol. The van der Waals surface area contributed by atoms with Gasteiger partial charge in [-0.25, -0.2) is 0 Å². The van der Waals surface area contributed by atoms with Crippen molar-refractivity contribution in [3.8, 4) is 22.5 Å². The van der Waals surface area contributed by atoms with Crippen LogP contribution in [-0.4, -0.2) is 9.97 Å². The van der Waals surface area contributed by atoms with Crippen LogP contribution in [0.3, 0.4) is 0 Å². The summed E-state index contributed by atoms with van der Waals surface area (Å²) < 4.78 is 23.4. The maximum atomic E-state index is 7.81. The lowest BCUT2D eigenvalue weighted by molar-refractivity contribution is 1.23. The highest BCUT2D eigenvalue weighted by Gasteiger charge is 2.11. The minimum atomic E-state index is -2.21. The fourth-order valence-electron chi connectivity index (χ4n) is 2.06. The summed E-state index contributed by atoms with van der Waals surface area (Å²) in [5.74, 6) is 0. The first-order valence-corrected chi connectivity index (χ1v) is 6.03. The van der Waals surface area contributed by atoms with Crippen LogP contribution in [-0.2, 0) is 0 Å². The van der Waals surface area contributed by atoms with Gasteiger partial charge in [-0.1, -0.05) is 36.4 Å². The predicted molar refractivity (Wildman–Crippen MR) is 77.6 cm³/mol. The molecule has 0 saturated carbocycles. The maximum Gasteiger partial charge on any atom is 0.0967 e. The molecule has 0 amide bonds. The van der Waals surface area contributed by atoms with Crippen LogP contribution in [0, 0.1) is 6.85 Å². The molecule has 0 aliphatic carbocycles. The summed E-state index contributed by atoms with van der Waals surface area (Å²) in [4.78, 5) is 8.70. The van der Waals surface area contributed by atoms with Crippen molar-refractivity contribution in [3.05, 3.63) is 72.6 Å². The van der Waals surface area contributed by atoms with Gasteiger partial charge in [-0.2, -0.15) is 0 Å². The first-order chi connectivity index (χ1) is 10.6. The van der Waals surface area contributed by atoms with Crippen molar-refractivity contribution in [2.45, 2.75) is 6.85 Å². The van der Waals surface area contributed by atoms with E-state index in [1.807, 2.05) is 48.5 Å². The molecule has 0 aliphatic heterocycles. The van der Waals surface area contributed by atoms with Crippen molar-refractivity contribution in [3.63, 3.8) is 0 Å². The molecule has 0 bridgehead atoms. The largest absolute Gasteiger partial charge is 0.255 e. The Morgan fingerprint density at radius 1 is 0.842 bits per heavy atom. The van der Waals surface area contributed by atoms with Crippen molar-refractivity contribution >= 4 is 0 Å². The van der Waals surface area contributed by atoms with E-state index in [0.717, 1.165) is 5.56 Å². The lowest BCUT2D eigenvalue weighted by Gasteiger charge is -2.11. The summed E-state index contributed by atoms with van der Waals surface area (Å²) in [6.45, 7) is -2.21. The molecule has 19 heavy (non-hydrogen) atoms. The first kappa shape index (κ1) is 8.59. The van der Waals surface area contributed by atoms with E-state index in [9.17, 15) is 0 Å². The highest BCUT2D eigenvalue weighted by atomic mass is 14.8. The highest BCUT2D eigenvalue weighted by molar-refractivity contribution is 5.81. The van der Waals surface area contributed by atoms with E-state index < -0.39 is 6.85 Å². The minimum absolute atomic E-state index is 0.286. The van der Waals surface area contributed by atoms with Gasteiger partial charge in [0, 0.05) is 22.1 Å². The Hall–Kier alpha value is -2.48. The Kier molecular flexibility index (Phi) is 2.27. The van der Waals surface area contributed by atoms with Crippen molar-refractivity contribution in [2.24, 2.45) is 0 Å². The number of pyridine rings is 2. The van der Waals surface area contributed by atoms with Crippen LogP contribution in [0.4, 0.5) is 0 Å². The molecule has 0 radical (unpaired) electrons. The summed E-state index contributed by atoms with van der Waals surface area (Å²) >= 11 is 0. The first-order valence-electron chi connectivity index (χ1n) is 7.53. The predicted octanol–water partition coefficient (Wildman–Crippen LogP) is 4.12. The van der Waals surface area contributed by atoms with E-state index in [0.29, 0.717) is 17.0 Å². The molecule has 3 aromatic rings. The average molecular weight is 249 g/mol. The van der Waals surface area contributed by atoms with Crippen LogP contribution < -0.4 is 0 Å². The summed E-state index contributed by atoms with van der Waals surface area (Å²) in [6, 6.07) is 16.5. The number of hydrogen-bond donors (Lipinski definition) is 0. The molecule has 0 aliphatic rings. The highest BCUT2D eigenvalue weighted by Crippen LogP contribution is 2.31. The van der Waals surface area contributed by atoms with Gasteiger partial charge in [-0.05, 0) is 36.2 Å². The van der Waals surface area contributed by atoms with E-state index in [2.05, 4.69) is 9.97 Å². The molecule has 0 unspecified atom stereocenters. The van der Waals surface area contributed by atoms with Gasteiger partial charge in [-0.3, -0.25) is 9.97 Å². The number of aromatic nitrogens is 2. The quantitative estimate of drug-likeness (QED) is 0.682. The van der Waals surface area contributed by atoms with E-state index in [1.54, 1.807) is 12.3 Å². The Bertz CT molecular complexity index is 769. The topological polar surface area (TPSA) is 25.8 Å². The zero-order chi connectivity index (χ0) is 15.6. The van der Waals surface area contributed by atoms with E-state index in [-0.39, 0.29) is 5.56 Å². The van der Waals surface area contributed by atoms with Crippen LogP contribution >= 0.6 is 0 Å². The van der Waals surface area contributed by atoms with Gasteiger partial charge in [0.05, 0.1) is 11.4 Å².